The number of amides is 2. The van der Waals surface area contributed by atoms with Crippen LogP contribution in [0.5, 0.6) is 17.2 Å². The Morgan fingerprint density at radius 3 is 2.32 bits per heavy atom. The highest BCUT2D eigenvalue weighted by Crippen LogP contribution is 2.37. The Morgan fingerprint density at radius 2 is 1.51 bits per heavy atom. The molecule has 7 heteroatoms. The number of hydrogen-bond donors (Lipinski definition) is 0. The minimum absolute atomic E-state index is 0.132. The van der Waals surface area contributed by atoms with Crippen molar-refractivity contribution in [3.8, 4) is 17.2 Å². The molecule has 0 saturated carbocycles. The van der Waals surface area contributed by atoms with Gasteiger partial charge in [0.25, 0.3) is 11.1 Å². The summed E-state index contributed by atoms with van der Waals surface area (Å²) in [5.41, 5.74) is 1.81. The highest BCUT2D eigenvalue weighted by molar-refractivity contribution is 8.18. The normalized spacial score (nSPS) is 14.4. The summed E-state index contributed by atoms with van der Waals surface area (Å²) < 4.78 is 17.2. The van der Waals surface area contributed by atoms with E-state index in [1.165, 1.54) is 4.90 Å². The number of carbonyl (C=O) groups is 2. The largest absolute Gasteiger partial charge is 0.493 e. The van der Waals surface area contributed by atoms with Crippen LogP contribution >= 0.6 is 11.8 Å². The second-order valence-corrected chi connectivity index (χ2v) is 9.30. The van der Waals surface area contributed by atoms with Crippen LogP contribution in [0.3, 0.4) is 0 Å². The lowest BCUT2D eigenvalue weighted by molar-refractivity contribution is -0.123. The second-order valence-electron chi connectivity index (χ2n) is 8.31. The molecule has 0 aromatic heterocycles. The minimum atomic E-state index is -0.347. The van der Waals surface area contributed by atoms with E-state index in [4.69, 9.17) is 14.2 Å². The number of thioether (sulfide) groups is 1. The Bertz CT molecular complexity index is 1470. The van der Waals surface area contributed by atoms with E-state index >= 15 is 0 Å². The molecule has 1 heterocycles. The maximum absolute atomic E-state index is 13.2. The van der Waals surface area contributed by atoms with Crippen molar-refractivity contribution in [1.82, 2.24) is 4.90 Å². The van der Waals surface area contributed by atoms with Gasteiger partial charge in [-0.2, -0.15) is 0 Å². The van der Waals surface area contributed by atoms with Gasteiger partial charge in [-0.3, -0.25) is 14.5 Å². The minimum Gasteiger partial charge on any atom is -0.493 e. The highest BCUT2D eigenvalue weighted by Gasteiger charge is 2.35. The maximum Gasteiger partial charge on any atom is 0.293 e. The van der Waals surface area contributed by atoms with Crippen LogP contribution in [0, 0.1) is 0 Å². The predicted octanol–water partition coefficient (Wildman–Crippen LogP) is 6.54. The predicted molar refractivity (Wildman–Crippen MR) is 146 cm³/mol. The molecule has 37 heavy (non-hydrogen) atoms. The van der Waals surface area contributed by atoms with Gasteiger partial charge >= 0.3 is 0 Å². The number of ether oxygens (including phenoxy) is 3. The first-order chi connectivity index (χ1) is 18.1. The van der Waals surface area contributed by atoms with Crippen molar-refractivity contribution in [1.29, 1.82) is 0 Å². The first kappa shape index (κ1) is 24.5. The molecular weight excluding hydrogens is 486 g/mol. The average Bonchev–Trinajstić information content (AvgIpc) is 3.20. The van der Waals surface area contributed by atoms with Crippen molar-refractivity contribution in [3.63, 3.8) is 0 Å². The number of imide groups is 1. The monoisotopic (exact) mass is 511 g/mol. The fraction of sp³-hybridized carbons (Fsp3) is 0.133. The van der Waals surface area contributed by atoms with Crippen molar-refractivity contribution < 1.29 is 23.8 Å². The molecule has 0 N–H and O–H groups in total. The molecule has 6 nitrogen and oxygen atoms in total. The molecule has 0 atom stereocenters. The molecule has 2 amide bonds. The standard InChI is InChI=1S/C30H25NO5S/c1-34-26-13-7-8-14-27(26)35-18-17-31-29(32)28(37-30(31)33)19-24-23-12-6-5-11-22(23)15-16-25(24)36-20-21-9-3-2-4-10-21/h2-16,19H,17-18,20H2,1H3/b28-19-. The summed E-state index contributed by atoms with van der Waals surface area (Å²) in [5.74, 6) is 1.45. The first-order valence-corrected chi connectivity index (χ1v) is 12.7. The van der Waals surface area contributed by atoms with Gasteiger partial charge in [0.05, 0.1) is 18.6 Å². The van der Waals surface area contributed by atoms with Gasteiger partial charge in [-0.15, -0.1) is 0 Å². The molecule has 1 fully saturated rings. The van der Waals surface area contributed by atoms with Crippen LogP contribution in [0.2, 0.25) is 0 Å². The number of hydrogen-bond acceptors (Lipinski definition) is 6. The number of nitrogens with zero attached hydrogens (tertiary/aromatic N) is 1. The Hall–Kier alpha value is -4.23. The lowest BCUT2D eigenvalue weighted by Gasteiger charge is -2.15. The molecule has 1 saturated heterocycles. The molecule has 0 spiro atoms. The fourth-order valence-corrected chi connectivity index (χ4v) is 4.94. The van der Waals surface area contributed by atoms with E-state index in [9.17, 15) is 9.59 Å². The summed E-state index contributed by atoms with van der Waals surface area (Å²) >= 11 is 0.925. The molecule has 186 valence electrons. The van der Waals surface area contributed by atoms with Gasteiger partial charge < -0.3 is 14.2 Å². The van der Waals surface area contributed by atoms with E-state index in [1.54, 1.807) is 25.3 Å². The number of benzene rings is 4. The summed E-state index contributed by atoms with van der Waals surface area (Å²) in [6.45, 7) is 0.681. The molecule has 1 aliphatic heterocycles. The first-order valence-electron chi connectivity index (χ1n) is 11.8. The molecule has 4 aromatic rings. The van der Waals surface area contributed by atoms with Crippen LogP contribution in [0.25, 0.3) is 16.8 Å². The van der Waals surface area contributed by atoms with E-state index in [2.05, 4.69) is 0 Å². The molecule has 0 aliphatic carbocycles. The molecule has 0 bridgehead atoms. The number of carbonyl (C=O) groups excluding carboxylic acids is 2. The number of methoxy groups -OCH3 is 1. The van der Waals surface area contributed by atoms with Gasteiger partial charge in [0.15, 0.2) is 11.5 Å². The van der Waals surface area contributed by atoms with Gasteiger partial charge in [0.1, 0.15) is 19.0 Å². The third-order valence-corrected chi connectivity index (χ3v) is 6.87. The zero-order valence-corrected chi connectivity index (χ0v) is 21.1. The van der Waals surface area contributed by atoms with Crippen LogP contribution in [0.1, 0.15) is 11.1 Å². The summed E-state index contributed by atoms with van der Waals surface area (Å²) in [5, 5.41) is 1.64. The van der Waals surface area contributed by atoms with Gasteiger partial charge in [0.2, 0.25) is 0 Å². The molecule has 1 aliphatic rings. The average molecular weight is 512 g/mol. The van der Waals surface area contributed by atoms with Gasteiger partial charge in [0, 0.05) is 5.56 Å². The lowest BCUT2D eigenvalue weighted by Crippen LogP contribution is -2.32. The Labute approximate surface area is 219 Å². The van der Waals surface area contributed by atoms with Crippen LogP contribution in [0.4, 0.5) is 4.79 Å². The van der Waals surface area contributed by atoms with Gasteiger partial charge in [-0.05, 0) is 52.4 Å². The van der Waals surface area contributed by atoms with Crippen LogP contribution in [0.15, 0.2) is 95.9 Å². The number of fused-ring (bicyclic) bond motifs is 1. The Balaban J connectivity index is 1.37. The van der Waals surface area contributed by atoms with E-state index in [0.29, 0.717) is 28.8 Å². The highest BCUT2D eigenvalue weighted by atomic mass is 32.2. The molecule has 4 aromatic carbocycles. The molecule has 5 rings (SSSR count). The van der Waals surface area contributed by atoms with Crippen molar-refractivity contribution in [2.45, 2.75) is 6.61 Å². The SMILES string of the molecule is COc1ccccc1OCCN1C(=O)S/C(=C\c2c(OCc3ccccc3)ccc3ccccc23)C1=O. The second kappa shape index (κ2) is 11.2. The van der Waals surface area contributed by atoms with Crippen LogP contribution < -0.4 is 14.2 Å². The van der Waals surface area contributed by atoms with Crippen LogP contribution in [-0.4, -0.2) is 36.3 Å². The van der Waals surface area contributed by atoms with E-state index in [1.807, 2.05) is 78.9 Å². The van der Waals surface area contributed by atoms with Crippen molar-refractivity contribution >= 4 is 39.8 Å². The van der Waals surface area contributed by atoms with Crippen molar-refractivity contribution in [2.75, 3.05) is 20.3 Å². The van der Waals surface area contributed by atoms with E-state index < -0.39 is 0 Å². The van der Waals surface area contributed by atoms with Gasteiger partial charge in [-0.1, -0.05) is 72.8 Å². The summed E-state index contributed by atoms with van der Waals surface area (Å²) in [7, 11) is 1.56. The van der Waals surface area contributed by atoms with Gasteiger partial charge in [-0.25, -0.2) is 0 Å². The van der Waals surface area contributed by atoms with Crippen LogP contribution in [-0.2, 0) is 11.4 Å². The molecule has 0 unspecified atom stereocenters. The Morgan fingerprint density at radius 1 is 0.784 bits per heavy atom. The zero-order valence-electron chi connectivity index (χ0n) is 20.3. The Kier molecular flexibility index (Phi) is 7.42. The summed E-state index contributed by atoms with van der Waals surface area (Å²) in [4.78, 5) is 27.5. The fourth-order valence-electron chi connectivity index (χ4n) is 4.09. The third-order valence-electron chi connectivity index (χ3n) is 5.96. The molecule has 0 radical (unpaired) electrons. The lowest BCUT2D eigenvalue weighted by atomic mass is 10.0. The van der Waals surface area contributed by atoms with E-state index in [0.717, 1.165) is 33.7 Å². The number of para-hydroxylation sites is 2. The van der Waals surface area contributed by atoms with E-state index in [-0.39, 0.29) is 24.3 Å². The topological polar surface area (TPSA) is 65.1 Å². The quantitative estimate of drug-likeness (QED) is 0.238. The third kappa shape index (κ3) is 5.47. The number of rotatable bonds is 9. The summed E-state index contributed by atoms with van der Waals surface area (Å²) in [6, 6.07) is 29.0. The summed E-state index contributed by atoms with van der Waals surface area (Å²) in [6.07, 6.45) is 1.76. The smallest absolute Gasteiger partial charge is 0.293 e. The zero-order chi connectivity index (χ0) is 25.6. The molecular formula is C30H25NO5S. The maximum atomic E-state index is 13.2. The van der Waals surface area contributed by atoms with Crippen molar-refractivity contribution in [2.24, 2.45) is 0 Å². The van der Waals surface area contributed by atoms with Crippen molar-refractivity contribution in [3.05, 3.63) is 107 Å².